The van der Waals surface area contributed by atoms with Gasteiger partial charge in [-0.3, -0.25) is 4.79 Å². The van der Waals surface area contributed by atoms with Crippen LogP contribution >= 0.6 is 27.3 Å². The topological polar surface area (TPSA) is 42.0 Å². The Morgan fingerprint density at radius 3 is 2.00 bits per heavy atom. The van der Waals surface area contributed by atoms with Gasteiger partial charge in [0.25, 0.3) is 0 Å². The highest BCUT2D eigenvalue weighted by atomic mass is 79.9. The molecule has 1 amide bonds. The number of anilines is 1. The lowest BCUT2D eigenvalue weighted by atomic mass is 9.90. The van der Waals surface area contributed by atoms with Crippen molar-refractivity contribution in [2.24, 2.45) is 0 Å². The number of carbonyl (C=O) groups is 1. The van der Waals surface area contributed by atoms with Crippen LogP contribution in [0.3, 0.4) is 0 Å². The molecule has 3 aromatic carbocycles. The highest BCUT2D eigenvalue weighted by Gasteiger charge is 2.24. The first kappa shape index (κ1) is 19.6. The molecule has 0 radical (unpaired) electrons. The van der Waals surface area contributed by atoms with E-state index in [0.29, 0.717) is 5.13 Å². The minimum absolute atomic E-state index is 0.0847. The molecule has 0 aliphatic rings. The molecule has 0 spiro atoms. The van der Waals surface area contributed by atoms with Crippen LogP contribution in [0.1, 0.15) is 21.9 Å². The van der Waals surface area contributed by atoms with Gasteiger partial charge in [-0.05, 0) is 30.2 Å². The summed E-state index contributed by atoms with van der Waals surface area (Å²) in [5, 5.41) is 3.65. The van der Waals surface area contributed by atoms with Crippen LogP contribution in [0, 0.1) is 6.92 Å². The lowest BCUT2D eigenvalue weighted by Gasteiger charge is -2.17. The van der Waals surface area contributed by atoms with Crippen LogP contribution in [0.2, 0.25) is 0 Å². The number of thiazole rings is 1. The molecule has 0 unspecified atom stereocenters. The summed E-state index contributed by atoms with van der Waals surface area (Å²) in [7, 11) is 0. The van der Waals surface area contributed by atoms with Gasteiger partial charge in [0.2, 0.25) is 5.91 Å². The maximum Gasteiger partial charge on any atom is 0.238 e. The van der Waals surface area contributed by atoms with Gasteiger partial charge in [0, 0.05) is 14.9 Å². The Hall–Kier alpha value is -2.76. The average Bonchev–Trinajstić information content (AvgIpc) is 3.10. The van der Waals surface area contributed by atoms with E-state index in [1.807, 2.05) is 91.9 Å². The normalized spacial score (nSPS) is 10.9. The average molecular weight is 463 g/mol. The molecule has 0 atom stereocenters. The van der Waals surface area contributed by atoms with E-state index in [1.165, 1.54) is 11.3 Å². The first-order chi connectivity index (χ1) is 14.1. The summed E-state index contributed by atoms with van der Waals surface area (Å²) in [4.78, 5) is 19.0. The van der Waals surface area contributed by atoms with Gasteiger partial charge in [0.15, 0.2) is 5.13 Å². The Morgan fingerprint density at radius 2 is 1.45 bits per heavy atom. The number of aryl methyl sites for hydroxylation is 1. The molecule has 3 nitrogen and oxygen atoms in total. The molecule has 1 aromatic heterocycles. The van der Waals surface area contributed by atoms with Crippen molar-refractivity contribution in [3.8, 4) is 11.3 Å². The number of carbonyl (C=O) groups excluding carboxylic acids is 1. The van der Waals surface area contributed by atoms with Crippen molar-refractivity contribution in [1.82, 2.24) is 4.98 Å². The minimum atomic E-state index is -0.391. The second-order valence-electron chi connectivity index (χ2n) is 6.67. The Morgan fingerprint density at radius 1 is 0.897 bits per heavy atom. The van der Waals surface area contributed by atoms with Crippen molar-refractivity contribution < 1.29 is 4.79 Å². The molecule has 144 valence electrons. The molecule has 0 saturated carbocycles. The fraction of sp³-hybridized carbons (Fsp3) is 0.0833. The SMILES string of the molecule is Cc1sc(NC(=O)C(c2ccccc2)c2ccccc2)nc1-c1ccc(Br)cc1. The first-order valence-corrected chi connectivity index (χ1v) is 10.9. The molecule has 1 heterocycles. The van der Waals surface area contributed by atoms with Crippen LogP contribution in [0.15, 0.2) is 89.4 Å². The number of nitrogens with one attached hydrogen (secondary N) is 1. The van der Waals surface area contributed by atoms with E-state index in [0.717, 1.165) is 31.7 Å². The van der Waals surface area contributed by atoms with E-state index in [9.17, 15) is 4.79 Å². The smallest absolute Gasteiger partial charge is 0.238 e. The largest absolute Gasteiger partial charge is 0.301 e. The van der Waals surface area contributed by atoms with E-state index in [1.54, 1.807) is 0 Å². The minimum Gasteiger partial charge on any atom is -0.301 e. The molecule has 5 heteroatoms. The number of rotatable bonds is 5. The zero-order chi connectivity index (χ0) is 20.2. The highest BCUT2D eigenvalue weighted by Crippen LogP contribution is 2.32. The maximum absolute atomic E-state index is 13.3. The zero-order valence-corrected chi connectivity index (χ0v) is 18.2. The van der Waals surface area contributed by atoms with Gasteiger partial charge in [0.05, 0.1) is 11.6 Å². The van der Waals surface area contributed by atoms with Gasteiger partial charge in [-0.15, -0.1) is 11.3 Å². The van der Waals surface area contributed by atoms with E-state index in [-0.39, 0.29) is 5.91 Å². The molecule has 0 fully saturated rings. The predicted molar refractivity (Wildman–Crippen MR) is 123 cm³/mol. The Bertz CT molecular complexity index is 1070. The molecule has 0 aliphatic heterocycles. The predicted octanol–water partition coefficient (Wildman–Crippen LogP) is 6.65. The number of hydrogen-bond donors (Lipinski definition) is 1. The van der Waals surface area contributed by atoms with Gasteiger partial charge in [-0.1, -0.05) is 88.7 Å². The lowest BCUT2D eigenvalue weighted by molar-refractivity contribution is -0.116. The second-order valence-corrected chi connectivity index (χ2v) is 8.79. The number of hydrogen-bond acceptors (Lipinski definition) is 3. The number of halogens is 1. The van der Waals surface area contributed by atoms with E-state index in [2.05, 4.69) is 21.2 Å². The van der Waals surface area contributed by atoms with E-state index in [4.69, 9.17) is 4.98 Å². The zero-order valence-electron chi connectivity index (χ0n) is 15.8. The van der Waals surface area contributed by atoms with Crippen molar-refractivity contribution in [2.75, 3.05) is 5.32 Å². The third kappa shape index (κ3) is 4.47. The van der Waals surface area contributed by atoms with Crippen LogP contribution in [0.5, 0.6) is 0 Å². The van der Waals surface area contributed by atoms with Crippen LogP contribution < -0.4 is 5.32 Å². The van der Waals surface area contributed by atoms with E-state index < -0.39 is 5.92 Å². The monoisotopic (exact) mass is 462 g/mol. The van der Waals surface area contributed by atoms with Crippen LogP contribution in [-0.4, -0.2) is 10.9 Å². The summed E-state index contributed by atoms with van der Waals surface area (Å²) in [5.74, 6) is -0.476. The molecule has 29 heavy (non-hydrogen) atoms. The number of aromatic nitrogens is 1. The second kappa shape index (κ2) is 8.72. The summed E-state index contributed by atoms with van der Waals surface area (Å²) in [6, 6.07) is 27.7. The number of nitrogens with zero attached hydrogens (tertiary/aromatic N) is 1. The highest BCUT2D eigenvalue weighted by molar-refractivity contribution is 9.10. The lowest BCUT2D eigenvalue weighted by Crippen LogP contribution is -2.22. The maximum atomic E-state index is 13.3. The first-order valence-electron chi connectivity index (χ1n) is 9.26. The molecular weight excluding hydrogens is 444 g/mol. The van der Waals surface area contributed by atoms with Crippen molar-refractivity contribution in [1.29, 1.82) is 0 Å². The fourth-order valence-corrected chi connectivity index (χ4v) is 4.39. The summed E-state index contributed by atoms with van der Waals surface area (Å²) in [6.45, 7) is 2.02. The van der Waals surface area contributed by atoms with Crippen molar-refractivity contribution in [2.45, 2.75) is 12.8 Å². The van der Waals surface area contributed by atoms with Gasteiger partial charge in [-0.25, -0.2) is 4.98 Å². The van der Waals surface area contributed by atoms with Crippen LogP contribution in [0.4, 0.5) is 5.13 Å². The van der Waals surface area contributed by atoms with Crippen LogP contribution in [-0.2, 0) is 4.79 Å². The fourth-order valence-electron chi connectivity index (χ4n) is 3.29. The Balaban J connectivity index is 1.63. The quantitative estimate of drug-likeness (QED) is 0.360. The van der Waals surface area contributed by atoms with Gasteiger partial charge >= 0.3 is 0 Å². The standard InChI is InChI=1S/C24H19BrN2OS/c1-16-22(19-12-14-20(25)15-13-19)26-24(29-16)27-23(28)21(17-8-4-2-5-9-17)18-10-6-3-7-11-18/h2-15,21H,1H3,(H,26,27,28). The molecule has 4 rings (SSSR count). The molecule has 0 bridgehead atoms. The Labute approximate surface area is 182 Å². The van der Waals surface area contributed by atoms with Gasteiger partial charge < -0.3 is 5.32 Å². The third-order valence-corrected chi connectivity index (χ3v) is 6.09. The molecule has 4 aromatic rings. The number of amides is 1. The summed E-state index contributed by atoms with van der Waals surface area (Å²) in [5.41, 5.74) is 3.84. The van der Waals surface area contributed by atoms with Gasteiger partial charge in [0.1, 0.15) is 0 Å². The summed E-state index contributed by atoms with van der Waals surface area (Å²) >= 11 is 4.95. The van der Waals surface area contributed by atoms with Crippen molar-refractivity contribution >= 4 is 38.3 Å². The summed E-state index contributed by atoms with van der Waals surface area (Å²) in [6.07, 6.45) is 0. The summed E-state index contributed by atoms with van der Waals surface area (Å²) < 4.78 is 1.02. The molecular formula is C24H19BrN2OS. The molecule has 0 aliphatic carbocycles. The van der Waals surface area contributed by atoms with Gasteiger partial charge in [-0.2, -0.15) is 0 Å². The molecule has 0 saturated heterocycles. The van der Waals surface area contributed by atoms with Crippen molar-refractivity contribution in [3.63, 3.8) is 0 Å². The van der Waals surface area contributed by atoms with Crippen LogP contribution in [0.25, 0.3) is 11.3 Å². The van der Waals surface area contributed by atoms with E-state index >= 15 is 0 Å². The third-order valence-electron chi connectivity index (χ3n) is 4.67. The molecule has 1 N–H and O–H groups in total. The number of benzene rings is 3. The Kier molecular flexibility index (Phi) is 5.88. The van der Waals surface area contributed by atoms with Crippen molar-refractivity contribution in [3.05, 3.63) is 105 Å².